The van der Waals surface area contributed by atoms with Crippen LogP contribution < -0.4 is 5.32 Å². The molecule has 0 aliphatic carbocycles. The van der Waals surface area contributed by atoms with E-state index in [0.29, 0.717) is 0 Å². The molecule has 1 saturated heterocycles. The number of hydrogen-bond acceptors (Lipinski definition) is 1. The standard InChI is InChI=1S/C16H15BrFN/c17-14-7-3-2-6-13(14)16(10-19-11-16)9-12-5-1-4-8-15(12)18/h1-8,19H,9-11H2. The highest BCUT2D eigenvalue weighted by Gasteiger charge is 2.40. The summed E-state index contributed by atoms with van der Waals surface area (Å²) in [5.74, 6) is -0.110. The largest absolute Gasteiger partial charge is 0.315 e. The van der Waals surface area contributed by atoms with Crippen LogP contribution in [0.5, 0.6) is 0 Å². The molecule has 1 aliphatic heterocycles. The van der Waals surface area contributed by atoms with Gasteiger partial charge in [0.1, 0.15) is 5.82 Å². The fraction of sp³-hybridized carbons (Fsp3) is 0.250. The molecule has 2 aromatic rings. The van der Waals surface area contributed by atoms with Gasteiger partial charge in [-0.3, -0.25) is 0 Å². The van der Waals surface area contributed by atoms with Crippen LogP contribution in [0.25, 0.3) is 0 Å². The van der Waals surface area contributed by atoms with Gasteiger partial charge in [0, 0.05) is 23.0 Å². The molecule has 0 saturated carbocycles. The Bertz CT molecular complexity index is 593. The number of benzene rings is 2. The maximum absolute atomic E-state index is 13.9. The predicted octanol–water partition coefficient (Wildman–Crippen LogP) is 3.67. The van der Waals surface area contributed by atoms with E-state index in [1.807, 2.05) is 24.3 Å². The summed E-state index contributed by atoms with van der Waals surface area (Å²) in [5, 5.41) is 3.32. The summed E-state index contributed by atoms with van der Waals surface area (Å²) in [7, 11) is 0. The summed E-state index contributed by atoms with van der Waals surface area (Å²) >= 11 is 3.62. The summed E-state index contributed by atoms with van der Waals surface area (Å²) < 4.78 is 15.0. The fourth-order valence-corrected chi connectivity index (χ4v) is 3.44. The van der Waals surface area contributed by atoms with Crippen LogP contribution >= 0.6 is 15.9 Å². The molecule has 98 valence electrons. The van der Waals surface area contributed by atoms with Gasteiger partial charge in [-0.05, 0) is 29.7 Å². The molecule has 0 radical (unpaired) electrons. The lowest BCUT2D eigenvalue weighted by Crippen LogP contribution is -2.58. The van der Waals surface area contributed by atoms with E-state index < -0.39 is 0 Å². The molecule has 0 amide bonds. The maximum atomic E-state index is 13.9. The molecule has 2 aromatic carbocycles. The van der Waals surface area contributed by atoms with Gasteiger partial charge in [0.05, 0.1) is 0 Å². The molecule has 3 rings (SSSR count). The van der Waals surface area contributed by atoms with Crippen molar-refractivity contribution >= 4 is 15.9 Å². The molecule has 0 aromatic heterocycles. The highest BCUT2D eigenvalue weighted by Crippen LogP contribution is 2.37. The SMILES string of the molecule is Fc1ccccc1CC1(c2ccccc2Br)CNC1. The Kier molecular flexibility index (Phi) is 3.42. The minimum Gasteiger partial charge on any atom is -0.315 e. The van der Waals surface area contributed by atoms with Crippen LogP contribution in [0.3, 0.4) is 0 Å². The Morgan fingerprint density at radius 3 is 2.37 bits per heavy atom. The number of halogens is 2. The Labute approximate surface area is 121 Å². The van der Waals surface area contributed by atoms with Crippen LogP contribution in [-0.2, 0) is 11.8 Å². The molecule has 1 fully saturated rings. The molecule has 1 heterocycles. The zero-order valence-electron chi connectivity index (χ0n) is 10.5. The Morgan fingerprint density at radius 1 is 1.05 bits per heavy atom. The minimum atomic E-state index is -0.110. The zero-order valence-corrected chi connectivity index (χ0v) is 12.1. The summed E-state index contributed by atoms with van der Waals surface area (Å²) in [6.45, 7) is 1.79. The average molecular weight is 320 g/mol. The van der Waals surface area contributed by atoms with Crippen LogP contribution in [0.15, 0.2) is 53.0 Å². The second kappa shape index (κ2) is 5.06. The van der Waals surface area contributed by atoms with Gasteiger partial charge >= 0.3 is 0 Å². The van der Waals surface area contributed by atoms with E-state index in [-0.39, 0.29) is 11.2 Å². The molecular weight excluding hydrogens is 305 g/mol. The van der Waals surface area contributed by atoms with Crippen LogP contribution in [0.4, 0.5) is 4.39 Å². The van der Waals surface area contributed by atoms with Crippen molar-refractivity contribution in [2.45, 2.75) is 11.8 Å². The quantitative estimate of drug-likeness (QED) is 0.910. The Balaban J connectivity index is 1.97. The molecule has 0 unspecified atom stereocenters. The third-order valence-corrected chi connectivity index (χ3v) is 4.55. The van der Waals surface area contributed by atoms with Crippen molar-refractivity contribution in [3.63, 3.8) is 0 Å². The summed E-state index contributed by atoms with van der Waals surface area (Å²) in [6, 6.07) is 15.3. The first-order valence-corrected chi connectivity index (χ1v) is 7.20. The van der Waals surface area contributed by atoms with Crippen LogP contribution in [0, 0.1) is 5.82 Å². The third-order valence-electron chi connectivity index (χ3n) is 3.86. The van der Waals surface area contributed by atoms with E-state index >= 15 is 0 Å². The van der Waals surface area contributed by atoms with Crippen molar-refractivity contribution in [2.75, 3.05) is 13.1 Å². The number of hydrogen-bond donors (Lipinski definition) is 1. The smallest absolute Gasteiger partial charge is 0.126 e. The van der Waals surface area contributed by atoms with Gasteiger partial charge in [-0.25, -0.2) is 4.39 Å². The molecule has 1 N–H and O–H groups in total. The first kappa shape index (κ1) is 12.8. The second-order valence-corrected chi connectivity index (χ2v) is 5.99. The lowest BCUT2D eigenvalue weighted by molar-refractivity contribution is 0.271. The van der Waals surface area contributed by atoms with Gasteiger partial charge < -0.3 is 5.32 Å². The van der Waals surface area contributed by atoms with Crippen molar-refractivity contribution in [2.24, 2.45) is 0 Å². The van der Waals surface area contributed by atoms with Crippen LogP contribution in [-0.4, -0.2) is 13.1 Å². The monoisotopic (exact) mass is 319 g/mol. The van der Waals surface area contributed by atoms with E-state index in [0.717, 1.165) is 29.5 Å². The molecular formula is C16H15BrFN. The predicted molar refractivity (Wildman–Crippen MR) is 78.8 cm³/mol. The Hall–Kier alpha value is -1.19. The van der Waals surface area contributed by atoms with Gasteiger partial charge in [0.2, 0.25) is 0 Å². The van der Waals surface area contributed by atoms with Gasteiger partial charge in [0.25, 0.3) is 0 Å². The van der Waals surface area contributed by atoms with Gasteiger partial charge in [-0.2, -0.15) is 0 Å². The zero-order chi connectivity index (χ0) is 13.3. The molecule has 0 atom stereocenters. The average Bonchev–Trinajstić information content (AvgIpc) is 2.37. The fourth-order valence-electron chi connectivity index (χ4n) is 2.74. The van der Waals surface area contributed by atoms with Gasteiger partial charge in [0.15, 0.2) is 0 Å². The molecule has 1 aliphatic rings. The van der Waals surface area contributed by atoms with E-state index in [9.17, 15) is 4.39 Å². The van der Waals surface area contributed by atoms with Crippen molar-refractivity contribution in [3.8, 4) is 0 Å². The summed E-state index contributed by atoms with van der Waals surface area (Å²) in [4.78, 5) is 0. The normalized spacial score (nSPS) is 16.9. The molecule has 3 heteroatoms. The highest BCUT2D eigenvalue weighted by atomic mass is 79.9. The minimum absolute atomic E-state index is 0.00227. The third kappa shape index (κ3) is 2.33. The van der Waals surface area contributed by atoms with Crippen molar-refractivity contribution in [3.05, 3.63) is 69.9 Å². The van der Waals surface area contributed by atoms with Gasteiger partial charge in [-0.15, -0.1) is 0 Å². The van der Waals surface area contributed by atoms with Crippen LogP contribution in [0.2, 0.25) is 0 Å². The lowest BCUT2D eigenvalue weighted by Gasteiger charge is -2.44. The topological polar surface area (TPSA) is 12.0 Å². The summed E-state index contributed by atoms with van der Waals surface area (Å²) in [6.07, 6.45) is 0.731. The first-order chi connectivity index (χ1) is 9.21. The molecule has 0 bridgehead atoms. The van der Waals surface area contributed by atoms with Crippen LogP contribution in [0.1, 0.15) is 11.1 Å². The first-order valence-electron chi connectivity index (χ1n) is 6.40. The molecule has 19 heavy (non-hydrogen) atoms. The Morgan fingerprint density at radius 2 is 1.74 bits per heavy atom. The maximum Gasteiger partial charge on any atom is 0.126 e. The highest BCUT2D eigenvalue weighted by molar-refractivity contribution is 9.10. The lowest BCUT2D eigenvalue weighted by atomic mass is 9.71. The second-order valence-electron chi connectivity index (χ2n) is 5.13. The number of rotatable bonds is 3. The van der Waals surface area contributed by atoms with Crippen molar-refractivity contribution in [1.29, 1.82) is 0 Å². The molecule has 0 spiro atoms. The van der Waals surface area contributed by atoms with Crippen molar-refractivity contribution < 1.29 is 4.39 Å². The molecule has 1 nitrogen and oxygen atoms in total. The van der Waals surface area contributed by atoms with E-state index in [1.165, 1.54) is 11.6 Å². The van der Waals surface area contributed by atoms with Gasteiger partial charge in [-0.1, -0.05) is 52.3 Å². The summed E-state index contributed by atoms with van der Waals surface area (Å²) in [5.41, 5.74) is 2.05. The van der Waals surface area contributed by atoms with E-state index in [2.05, 4.69) is 33.4 Å². The van der Waals surface area contributed by atoms with E-state index in [4.69, 9.17) is 0 Å². The van der Waals surface area contributed by atoms with E-state index in [1.54, 1.807) is 6.07 Å². The van der Waals surface area contributed by atoms with Crippen molar-refractivity contribution in [1.82, 2.24) is 5.32 Å². The number of nitrogens with one attached hydrogen (secondary N) is 1.